The first-order valence-electron chi connectivity index (χ1n) is 4.46. The molecule has 0 unspecified atom stereocenters. The summed E-state index contributed by atoms with van der Waals surface area (Å²) in [7, 11) is 1.57. The van der Waals surface area contributed by atoms with Crippen molar-refractivity contribution in [1.82, 2.24) is 10.3 Å². The monoisotopic (exact) mass is 228 g/mol. The Hall–Kier alpha value is -1.27. The molecule has 6 heteroatoms. The van der Waals surface area contributed by atoms with Crippen LogP contribution in [0.15, 0.2) is 11.6 Å². The van der Waals surface area contributed by atoms with E-state index in [1.54, 1.807) is 12.5 Å². The zero-order valence-electron chi connectivity index (χ0n) is 8.36. The van der Waals surface area contributed by atoms with E-state index in [2.05, 4.69) is 10.3 Å². The van der Waals surface area contributed by atoms with Crippen molar-refractivity contribution >= 4 is 23.2 Å². The molecule has 0 fully saturated rings. The predicted molar refractivity (Wildman–Crippen MR) is 55.7 cm³/mol. The molecule has 2 amide bonds. The number of amides is 2. The third-order valence-corrected chi connectivity index (χ3v) is 2.40. The number of carbonyl (C=O) groups is 2. The average Bonchev–Trinajstić information content (AvgIpc) is 2.70. The minimum absolute atomic E-state index is 0.283. The van der Waals surface area contributed by atoms with Gasteiger partial charge in [-0.15, -0.1) is 11.3 Å². The van der Waals surface area contributed by atoms with Crippen LogP contribution in [0.5, 0.6) is 0 Å². The number of hydrogen-bond acceptors (Lipinski definition) is 5. The molecule has 82 valence electrons. The molecule has 5 nitrogen and oxygen atoms in total. The Bertz CT molecular complexity index is 324. The molecule has 1 rings (SSSR count). The number of nitrogens with zero attached hydrogens (tertiary/aromatic N) is 1. The summed E-state index contributed by atoms with van der Waals surface area (Å²) in [4.78, 5) is 26.3. The lowest BCUT2D eigenvalue weighted by molar-refractivity contribution is -0.120. The van der Waals surface area contributed by atoms with Crippen LogP contribution in [0.1, 0.15) is 22.6 Å². The molecule has 0 spiro atoms. The van der Waals surface area contributed by atoms with E-state index >= 15 is 0 Å². The van der Waals surface area contributed by atoms with Gasteiger partial charge in [0.15, 0.2) is 5.01 Å². The van der Waals surface area contributed by atoms with Crippen molar-refractivity contribution in [2.45, 2.75) is 12.8 Å². The highest BCUT2D eigenvalue weighted by atomic mass is 32.1. The summed E-state index contributed by atoms with van der Waals surface area (Å²) in [5.41, 5.74) is 0. The number of carbonyl (C=O) groups excluding carboxylic acids is 2. The SMILES string of the molecule is COCCCC(=O)NC(=O)c1nccs1. The molecule has 15 heavy (non-hydrogen) atoms. The molecule has 0 aliphatic carbocycles. The van der Waals surface area contributed by atoms with Crippen LogP contribution < -0.4 is 5.32 Å². The van der Waals surface area contributed by atoms with Gasteiger partial charge in [0.2, 0.25) is 5.91 Å². The summed E-state index contributed by atoms with van der Waals surface area (Å²) in [6.45, 7) is 0.513. The highest BCUT2D eigenvalue weighted by Gasteiger charge is 2.11. The van der Waals surface area contributed by atoms with Gasteiger partial charge in [0.1, 0.15) is 0 Å². The number of aromatic nitrogens is 1. The topological polar surface area (TPSA) is 68.3 Å². The molecule has 0 saturated heterocycles. The Morgan fingerprint density at radius 3 is 3.00 bits per heavy atom. The summed E-state index contributed by atoms with van der Waals surface area (Å²) in [6, 6.07) is 0. The average molecular weight is 228 g/mol. The first-order valence-corrected chi connectivity index (χ1v) is 5.34. The first-order chi connectivity index (χ1) is 7.24. The van der Waals surface area contributed by atoms with Gasteiger partial charge in [-0.1, -0.05) is 0 Å². The van der Waals surface area contributed by atoms with Gasteiger partial charge < -0.3 is 4.74 Å². The maximum atomic E-state index is 11.3. The molecule has 1 N–H and O–H groups in total. The molecule has 0 radical (unpaired) electrons. The quantitative estimate of drug-likeness (QED) is 0.758. The van der Waals surface area contributed by atoms with Gasteiger partial charge >= 0.3 is 0 Å². The maximum Gasteiger partial charge on any atom is 0.286 e. The van der Waals surface area contributed by atoms with Crippen LogP contribution in [0.3, 0.4) is 0 Å². The fraction of sp³-hybridized carbons (Fsp3) is 0.444. The third kappa shape index (κ3) is 4.18. The number of ether oxygens (including phenoxy) is 1. The van der Waals surface area contributed by atoms with Crippen LogP contribution in [0, 0.1) is 0 Å². The Morgan fingerprint density at radius 2 is 2.40 bits per heavy atom. The highest BCUT2D eigenvalue weighted by molar-refractivity contribution is 7.11. The second-order valence-corrected chi connectivity index (χ2v) is 3.71. The lowest BCUT2D eigenvalue weighted by Crippen LogP contribution is -2.30. The van der Waals surface area contributed by atoms with E-state index in [0.29, 0.717) is 18.0 Å². The standard InChI is InChI=1S/C9H12N2O3S/c1-14-5-2-3-7(12)11-8(13)9-10-4-6-15-9/h4,6H,2-3,5H2,1H3,(H,11,12,13). The normalized spacial score (nSPS) is 9.93. The minimum atomic E-state index is -0.438. The van der Waals surface area contributed by atoms with Crippen molar-refractivity contribution in [3.05, 3.63) is 16.6 Å². The Kier molecular flexibility index (Phi) is 4.92. The fourth-order valence-corrected chi connectivity index (χ4v) is 1.49. The molecule has 0 bridgehead atoms. The Morgan fingerprint density at radius 1 is 1.60 bits per heavy atom. The number of hydrogen-bond donors (Lipinski definition) is 1. The summed E-state index contributed by atoms with van der Waals surface area (Å²) >= 11 is 1.20. The van der Waals surface area contributed by atoms with Crippen molar-refractivity contribution in [3.63, 3.8) is 0 Å². The molecule has 0 saturated carbocycles. The van der Waals surface area contributed by atoms with Crippen molar-refractivity contribution in [2.24, 2.45) is 0 Å². The summed E-state index contributed by atoms with van der Waals surface area (Å²) in [5, 5.41) is 4.24. The zero-order chi connectivity index (χ0) is 11.1. The Balaban J connectivity index is 2.29. The van der Waals surface area contributed by atoms with E-state index in [4.69, 9.17) is 4.74 Å². The van der Waals surface area contributed by atoms with E-state index in [-0.39, 0.29) is 12.3 Å². The van der Waals surface area contributed by atoms with Gasteiger partial charge in [-0.2, -0.15) is 0 Å². The van der Waals surface area contributed by atoms with Gasteiger partial charge in [0.25, 0.3) is 5.91 Å². The smallest absolute Gasteiger partial charge is 0.286 e. The number of imide groups is 1. The first kappa shape index (κ1) is 11.8. The van der Waals surface area contributed by atoms with E-state index in [1.807, 2.05) is 0 Å². The van der Waals surface area contributed by atoms with Crippen molar-refractivity contribution < 1.29 is 14.3 Å². The Labute approximate surface area is 91.5 Å². The molecule has 0 aliphatic rings. The second-order valence-electron chi connectivity index (χ2n) is 2.81. The van der Waals surface area contributed by atoms with Crippen LogP contribution in [-0.2, 0) is 9.53 Å². The third-order valence-electron chi connectivity index (χ3n) is 1.63. The van der Waals surface area contributed by atoms with E-state index in [9.17, 15) is 9.59 Å². The van der Waals surface area contributed by atoms with Crippen LogP contribution >= 0.6 is 11.3 Å². The lowest BCUT2D eigenvalue weighted by atomic mass is 10.3. The molecule has 1 heterocycles. The molecule has 0 aliphatic heterocycles. The van der Waals surface area contributed by atoms with Gasteiger partial charge in [0.05, 0.1) is 0 Å². The molecular formula is C9H12N2O3S. The van der Waals surface area contributed by atoms with Crippen molar-refractivity contribution in [2.75, 3.05) is 13.7 Å². The van der Waals surface area contributed by atoms with Gasteiger partial charge in [-0.25, -0.2) is 4.98 Å². The van der Waals surface area contributed by atoms with E-state index in [0.717, 1.165) is 0 Å². The largest absolute Gasteiger partial charge is 0.385 e. The fourth-order valence-electron chi connectivity index (χ4n) is 0.955. The number of methoxy groups -OCH3 is 1. The van der Waals surface area contributed by atoms with Crippen molar-refractivity contribution in [3.8, 4) is 0 Å². The van der Waals surface area contributed by atoms with Crippen LogP contribution in [-0.4, -0.2) is 30.5 Å². The number of nitrogens with one attached hydrogen (secondary N) is 1. The molecule has 1 aromatic rings. The predicted octanol–water partition coefficient (Wildman–Crippen LogP) is 0.826. The molecular weight excluding hydrogens is 216 g/mol. The summed E-state index contributed by atoms with van der Waals surface area (Å²) < 4.78 is 4.79. The maximum absolute atomic E-state index is 11.3. The van der Waals surface area contributed by atoms with Crippen LogP contribution in [0.4, 0.5) is 0 Å². The van der Waals surface area contributed by atoms with Gasteiger partial charge in [-0.05, 0) is 6.42 Å². The number of rotatable bonds is 5. The van der Waals surface area contributed by atoms with Crippen LogP contribution in [0.25, 0.3) is 0 Å². The van der Waals surface area contributed by atoms with E-state index in [1.165, 1.54) is 17.5 Å². The second kappa shape index (κ2) is 6.26. The molecule has 1 aromatic heterocycles. The lowest BCUT2D eigenvalue weighted by Gasteiger charge is -2.01. The minimum Gasteiger partial charge on any atom is -0.385 e. The zero-order valence-corrected chi connectivity index (χ0v) is 9.17. The summed E-state index contributed by atoms with van der Waals surface area (Å²) in [5.74, 6) is -0.736. The number of thiazole rings is 1. The van der Waals surface area contributed by atoms with Crippen molar-refractivity contribution in [1.29, 1.82) is 0 Å². The molecule has 0 atom stereocenters. The highest BCUT2D eigenvalue weighted by Crippen LogP contribution is 2.03. The van der Waals surface area contributed by atoms with Crippen LogP contribution in [0.2, 0.25) is 0 Å². The van der Waals surface area contributed by atoms with E-state index < -0.39 is 5.91 Å². The molecule has 0 aromatic carbocycles. The van der Waals surface area contributed by atoms with Gasteiger partial charge in [0, 0.05) is 31.7 Å². The summed E-state index contributed by atoms with van der Waals surface area (Å²) in [6.07, 6.45) is 2.41. The van der Waals surface area contributed by atoms with Gasteiger partial charge in [-0.3, -0.25) is 14.9 Å².